The molecule has 80 valence electrons. The average Bonchev–Trinajstić information content (AvgIpc) is 2.68. The molecule has 15 heavy (non-hydrogen) atoms. The maximum absolute atomic E-state index is 6.11. The van der Waals surface area contributed by atoms with E-state index < -0.39 is 0 Å². The van der Waals surface area contributed by atoms with Crippen LogP contribution in [0, 0.1) is 0 Å². The zero-order valence-corrected chi connectivity index (χ0v) is 9.17. The van der Waals surface area contributed by atoms with E-state index in [2.05, 4.69) is 10.5 Å². The molecule has 0 spiro atoms. The molecule has 0 saturated heterocycles. The second-order valence-electron chi connectivity index (χ2n) is 3.62. The van der Waals surface area contributed by atoms with Crippen LogP contribution >= 0.6 is 11.6 Å². The van der Waals surface area contributed by atoms with Crippen LogP contribution in [0.3, 0.4) is 0 Å². The molecule has 0 fully saturated rings. The fourth-order valence-corrected chi connectivity index (χ4v) is 2.03. The van der Waals surface area contributed by atoms with Crippen LogP contribution in [0.25, 0.3) is 0 Å². The molecule has 0 aromatic heterocycles. The molecule has 1 heterocycles. The lowest BCUT2D eigenvalue weighted by molar-refractivity contribution is 0.620. The minimum atomic E-state index is 0.209. The lowest BCUT2D eigenvalue weighted by atomic mass is 10.0. The van der Waals surface area contributed by atoms with E-state index in [1.54, 1.807) is 0 Å². The normalized spacial score (nSPS) is 19.9. The molecule has 0 bridgehead atoms. The smallest absolute Gasteiger partial charge is 0.0756 e. The minimum Gasteiger partial charge on any atom is -0.330 e. The molecule has 1 aromatic rings. The Kier molecular flexibility index (Phi) is 3.23. The molecule has 4 heteroatoms. The number of nitrogens with one attached hydrogen (secondary N) is 1. The Morgan fingerprint density at radius 1 is 1.47 bits per heavy atom. The van der Waals surface area contributed by atoms with Crippen molar-refractivity contribution in [2.45, 2.75) is 18.9 Å². The summed E-state index contributed by atoms with van der Waals surface area (Å²) in [5.74, 6) is 0. The number of hydrazone groups is 1. The van der Waals surface area contributed by atoms with Crippen molar-refractivity contribution in [2.24, 2.45) is 10.8 Å². The Balaban J connectivity index is 2.07. The summed E-state index contributed by atoms with van der Waals surface area (Å²) in [4.78, 5) is 0. The van der Waals surface area contributed by atoms with Crippen LogP contribution in [0.2, 0.25) is 5.02 Å². The first-order chi connectivity index (χ1) is 7.31. The van der Waals surface area contributed by atoms with E-state index in [9.17, 15) is 0 Å². The van der Waals surface area contributed by atoms with Crippen LogP contribution in [0.15, 0.2) is 29.4 Å². The topological polar surface area (TPSA) is 50.4 Å². The number of hydrogen-bond acceptors (Lipinski definition) is 3. The monoisotopic (exact) mass is 223 g/mol. The van der Waals surface area contributed by atoms with E-state index in [4.69, 9.17) is 17.3 Å². The quantitative estimate of drug-likeness (QED) is 0.825. The number of nitrogens with two attached hydrogens (primary N) is 1. The molecule has 1 aromatic carbocycles. The Hall–Kier alpha value is -1.06. The summed E-state index contributed by atoms with van der Waals surface area (Å²) < 4.78 is 0. The third-order valence-electron chi connectivity index (χ3n) is 2.53. The van der Waals surface area contributed by atoms with Crippen molar-refractivity contribution < 1.29 is 0 Å². The highest BCUT2D eigenvalue weighted by Gasteiger charge is 2.20. The number of benzene rings is 1. The zero-order valence-electron chi connectivity index (χ0n) is 8.41. The van der Waals surface area contributed by atoms with Crippen molar-refractivity contribution in [2.75, 3.05) is 6.54 Å². The molecular weight excluding hydrogens is 210 g/mol. The summed E-state index contributed by atoms with van der Waals surface area (Å²) in [5.41, 5.74) is 10.8. The Morgan fingerprint density at radius 2 is 2.27 bits per heavy atom. The molecule has 3 nitrogen and oxygen atoms in total. The molecule has 0 radical (unpaired) electrons. The predicted octanol–water partition coefficient (Wildman–Crippen LogP) is 2.08. The molecule has 1 unspecified atom stereocenters. The van der Waals surface area contributed by atoms with Gasteiger partial charge in [0, 0.05) is 17.2 Å². The molecule has 0 aliphatic carbocycles. The highest BCUT2D eigenvalue weighted by molar-refractivity contribution is 6.31. The van der Waals surface area contributed by atoms with Crippen molar-refractivity contribution in [3.63, 3.8) is 0 Å². The first-order valence-electron chi connectivity index (χ1n) is 5.06. The third kappa shape index (κ3) is 2.30. The highest BCUT2D eigenvalue weighted by atomic mass is 35.5. The molecular formula is C11H14ClN3. The maximum atomic E-state index is 6.11. The van der Waals surface area contributed by atoms with E-state index >= 15 is 0 Å². The molecule has 3 N–H and O–H groups in total. The number of rotatable bonds is 3. The summed E-state index contributed by atoms with van der Waals surface area (Å²) in [6.45, 7) is 0.649. The van der Waals surface area contributed by atoms with Gasteiger partial charge < -0.3 is 11.2 Å². The standard InChI is InChI=1S/C11H14ClN3/c12-10-4-2-1-3-9(10)11-7-8(5-6-13)14-15-11/h1-4,11,15H,5-7,13H2. The fraction of sp³-hybridized carbons (Fsp3) is 0.364. The largest absolute Gasteiger partial charge is 0.330 e. The number of hydrogen-bond donors (Lipinski definition) is 2. The highest BCUT2D eigenvalue weighted by Crippen LogP contribution is 2.28. The van der Waals surface area contributed by atoms with Gasteiger partial charge in [0.05, 0.1) is 6.04 Å². The molecule has 1 aliphatic heterocycles. The maximum Gasteiger partial charge on any atom is 0.0756 e. The van der Waals surface area contributed by atoms with Gasteiger partial charge in [-0.25, -0.2) is 0 Å². The van der Waals surface area contributed by atoms with Gasteiger partial charge in [-0.15, -0.1) is 0 Å². The minimum absolute atomic E-state index is 0.209. The molecule has 1 aliphatic rings. The van der Waals surface area contributed by atoms with Gasteiger partial charge in [0.1, 0.15) is 0 Å². The van der Waals surface area contributed by atoms with Crippen molar-refractivity contribution >= 4 is 17.3 Å². The number of nitrogens with zero attached hydrogens (tertiary/aromatic N) is 1. The zero-order chi connectivity index (χ0) is 10.7. The van der Waals surface area contributed by atoms with E-state index in [1.165, 1.54) is 0 Å². The third-order valence-corrected chi connectivity index (χ3v) is 2.88. The lowest BCUT2D eigenvalue weighted by Gasteiger charge is -2.11. The van der Waals surface area contributed by atoms with Gasteiger partial charge in [-0.3, -0.25) is 0 Å². The van der Waals surface area contributed by atoms with E-state index in [-0.39, 0.29) is 6.04 Å². The Labute approximate surface area is 94.3 Å². The molecule has 2 rings (SSSR count). The molecule has 1 atom stereocenters. The summed E-state index contributed by atoms with van der Waals surface area (Å²) >= 11 is 6.11. The summed E-state index contributed by atoms with van der Waals surface area (Å²) in [6.07, 6.45) is 1.76. The molecule has 0 saturated carbocycles. The molecule has 0 amide bonds. The van der Waals surface area contributed by atoms with Gasteiger partial charge >= 0.3 is 0 Å². The van der Waals surface area contributed by atoms with Crippen LogP contribution in [0.5, 0.6) is 0 Å². The van der Waals surface area contributed by atoms with Gasteiger partial charge in [-0.05, 0) is 24.6 Å². The average molecular weight is 224 g/mol. The number of halogens is 1. The van der Waals surface area contributed by atoms with Crippen molar-refractivity contribution in [3.8, 4) is 0 Å². The van der Waals surface area contributed by atoms with Gasteiger partial charge in [0.15, 0.2) is 0 Å². The second-order valence-corrected chi connectivity index (χ2v) is 4.03. The van der Waals surface area contributed by atoms with E-state index in [1.807, 2.05) is 24.3 Å². The van der Waals surface area contributed by atoms with Gasteiger partial charge in [-0.1, -0.05) is 29.8 Å². The summed E-state index contributed by atoms with van der Waals surface area (Å²) in [7, 11) is 0. The van der Waals surface area contributed by atoms with Crippen LogP contribution in [0.1, 0.15) is 24.4 Å². The van der Waals surface area contributed by atoms with Crippen LogP contribution in [-0.4, -0.2) is 12.3 Å². The Morgan fingerprint density at radius 3 is 3.00 bits per heavy atom. The van der Waals surface area contributed by atoms with Crippen LogP contribution in [-0.2, 0) is 0 Å². The summed E-state index contributed by atoms with van der Waals surface area (Å²) in [6, 6.07) is 8.06. The van der Waals surface area contributed by atoms with E-state index in [0.717, 1.165) is 29.1 Å². The Bertz CT molecular complexity index is 376. The fourth-order valence-electron chi connectivity index (χ4n) is 1.76. The van der Waals surface area contributed by atoms with Crippen LogP contribution in [0.4, 0.5) is 0 Å². The van der Waals surface area contributed by atoms with Crippen molar-refractivity contribution in [3.05, 3.63) is 34.9 Å². The SMILES string of the molecule is NCCC1=NNC(c2ccccc2Cl)C1. The predicted molar refractivity (Wildman–Crippen MR) is 63.1 cm³/mol. The van der Waals surface area contributed by atoms with Gasteiger partial charge in [0.2, 0.25) is 0 Å². The van der Waals surface area contributed by atoms with Gasteiger partial charge in [-0.2, -0.15) is 5.10 Å². The summed E-state index contributed by atoms with van der Waals surface area (Å²) in [5, 5.41) is 5.04. The second kappa shape index (κ2) is 4.64. The van der Waals surface area contributed by atoms with Crippen LogP contribution < -0.4 is 11.2 Å². The van der Waals surface area contributed by atoms with Crippen molar-refractivity contribution in [1.29, 1.82) is 0 Å². The van der Waals surface area contributed by atoms with Gasteiger partial charge in [0.25, 0.3) is 0 Å². The van der Waals surface area contributed by atoms with E-state index in [0.29, 0.717) is 6.54 Å². The van der Waals surface area contributed by atoms with Crippen molar-refractivity contribution in [1.82, 2.24) is 5.43 Å². The lowest BCUT2D eigenvalue weighted by Crippen LogP contribution is -2.11. The first-order valence-corrected chi connectivity index (χ1v) is 5.44. The first kappa shape index (κ1) is 10.5.